The van der Waals surface area contributed by atoms with Crippen LogP contribution in [0.4, 0.5) is 0 Å². The van der Waals surface area contributed by atoms with Crippen LogP contribution in [-0.2, 0) is 9.47 Å². The van der Waals surface area contributed by atoms with Crippen LogP contribution in [0.15, 0.2) is 0 Å². The second-order valence-corrected chi connectivity index (χ2v) is 4.64. The van der Waals surface area contributed by atoms with Crippen molar-refractivity contribution in [2.45, 2.75) is 26.3 Å². The van der Waals surface area contributed by atoms with Gasteiger partial charge in [-0.1, -0.05) is 0 Å². The van der Waals surface area contributed by atoms with Gasteiger partial charge in [0, 0.05) is 32.8 Å². The Morgan fingerprint density at radius 1 is 1.11 bits per heavy atom. The summed E-state index contributed by atoms with van der Waals surface area (Å²) in [5.41, 5.74) is -0.279. The number of aliphatic hydroxyl groups excluding tert-OH is 1. The summed E-state index contributed by atoms with van der Waals surface area (Å²) in [5, 5.41) is 12.6. The van der Waals surface area contributed by atoms with Gasteiger partial charge in [-0.15, -0.1) is 0 Å². The Morgan fingerprint density at radius 3 is 1.94 bits per heavy atom. The monoisotopic (exact) mass is 262 g/mol. The molecule has 5 nitrogen and oxygen atoms in total. The summed E-state index contributed by atoms with van der Waals surface area (Å²) in [6, 6.07) is 0. The topological polar surface area (TPSA) is 54.0 Å². The van der Waals surface area contributed by atoms with E-state index in [4.69, 9.17) is 9.47 Å². The van der Waals surface area contributed by atoms with E-state index in [2.05, 4.69) is 10.2 Å². The molecule has 0 aliphatic carbocycles. The van der Waals surface area contributed by atoms with E-state index in [0.29, 0.717) is 13.2 Å². The molecule has 0 spiro atoms. The number of rotatable bonds is 12. The van der Waals surface area contributed by atoms with Gasteiger partial charge in [0.1, 0.15) is 0 Å². The molecule has 0 saturated carbocycles. The van der Waals surface area contributed by atoms with Crippen molar-refractivity contribution in [3.05, 3.63) is 0 Å². The maximum absolute atomic E-state index is 9.43. The fourth-order valence-electron chi connectivity index (χ4n) is 1.65. The van der Waals surface area contributed by atoms with Crippen molar-refractivity contribution < 1.29 is 14.6 Å². The molecule has 5 heteroatoms. The summed E-state index contributed by atoms with van der Waals surface area (Å²) in [6.45, 7) is 11.5. The molecule has 0 saturated heterocycles. The van der Waals surface area contributed by atoms with Crippen LogP contribution in [0, 0.1) is 0 Å². The quantitative estimate of drug-likeness (QED) is 0.497. The number of nitrogens with zero attached hydrogens (tertiary/aromatic N) is 1. The minimum atomic E-state index is -0.279. The summed E-state index contributed by atoms with van der Waals surface area (Å²) >= 11 is 0. The Hall–Kier alpha value is -0.200. The molecule has 0 bridgehead atoms. The van der Waals surface area contributed by atoms with Crippen molar-refractivity contribution in [3.63, 3.8) is 0 Å². The smallest absolute Gasteiger partial charge is 0.0623 e. The van der Waals surface area contributed by atoms with Crippen molar-refractivity contribution in [2.24, 2.45) is 0 Å². The summed E-state index contributed by atoms with van der Waals surface area (Å²) in [5.74, 6) is 0. The average molecular weight is 262 g/mol. The van der Waals surface area contributed by atoms with Crippen molar-refractivity contribution >= 4 is 0 Å². The molecule has 0 fully saturated rings. The summed E-state index contributed by atoms with van der Waals surface area (Å²) in [7, 11) is 1.87. The van der Waals surface area contributed by atoms with Gasteiger partial charge in [0.2, 0.25) is 0 Å². The third-order valence-electron chi connectivity index (χ3n) is 3.04. The predicted molar refractivity (Wildman–Crippen MR) is 74.0 cm³/mol. The zero-order chi connectivity index (χ0) is 13.9. The van der Waals surface area contributed by atoms with Gasteiger partial charge < -0.3 is 19.9 Å². The van der Waals surface area contributed by atoms with Crippen LogP contribution in [0.1, 0.15) is 20.8 Å². The summed E-state index contributed by atoms with van der Waals surface area (Å²) < 4.78 is 10.8. The minimum Gasteiger partial charge on any atom is -0.394 e. The Morgan fingerprint density at radius 2 is 1.61 bits per heavy atom. The van der Waals surface area contributed by atoms with E-state index in [1.807, 2.05) is 27.8 Å². The van der Waals surface area contributed by atoms with Gasteiger partial charge in [-0.05, 0) is 27.8 Å². The van der Waals surface area contributed by atoms with Crippen molar-refractivity contribution in [1.82, 2.24) is 10.2 Å². The van der Waals surface area contributed by atoms with Crippen LogP contribution < -0.4 is 5.32 Å². The second kappa shape index (κ2) is 10.7. The van der Waals surface area contributed by atoms with Crippen LogP contribution in [0.2, 0.25) is 0 Å². The summed E-state index contributed by atoms with van der Waals surface area (Å²) in [6.07, 6.45) is 0. The van der Waals surface area contributed by atoms with Crippen LogP contribution in [-0.4, -0.2) is 75.3 Å². The van der Waals surface area contributed by atoms with Crippen LogP contribution in [0.3, 0.4) is 0 Å². The highest BCUT2D eigenvalue weighted by Crippen LogP contribution is 2.05. The molecular formula is C13H30N2O3. The van der Waals surface area contributed by atoms with E-state index < -0.39 is 0 Å². The highest BCUT2D eigenvalue weighted by atomic mass is 16.5. The Bertz CT molecular complexity index is 177. The zero-order valence-electron chi connectivity index (χ0n) is 12.4. The molecule has 0 aromatic carbocycles. The van der Waals surface area contributed by atoms with Gasteiger partial charge >= 0.3 is 0 Å². The molecular weight excluding hydrogens is 232 g/mol. The minimum absolute atomic E-state index is 0.114. The molecule has 0 amide bonds. The Kier molecular flexibility index (Phi) is 10.6. The molecule has 0 rings (SSSR count). The largest absolute Gasteiger partial charge is 0.394 e. The predicted octanol–water partition coefficient (Wildman–Crippen LogP) is 0.332. The lowest BCUT2D eigenvalue weighted by Crippen LogP contribution is -2.53. The van der Waals surface area contributed by atoms with Crippen LogP contribution >= 0.6 is 0 Å². The molecule has 0 aromatic heterocycles. The van der Waals surface area contributed by atoms with Crippen molar-refractivity contribution in [2.75, 3.05) is 59.7 Å². The Labute approximate surface area is 111 Å². The molecule has 0 aliphatic rings. The van der Waals surface area contributed by atoms with Crippen LogP contribution in [0.5, 0.6) is 0 Å². The Balaban J connectivity index is 4.16. The molecule has 2 N–H and O–H groups in total. The average Bonchev–Trinajstić information content (AvgIpc) is 2.39. The fourth-order valence-corrected chi connectivity index (χ4v) is 1.65. The van der Waals surface area contributed by atoms with E-state index in [9.17, 15) is 5.11 Å². The standard InChI is InChI=1S/C13H30N2O3/c1-5-17-9-7-15(8-10-18-6-2)11-13(3,12-16)14-4/h14,16H,5-12H2,1-4H3. The number of aliphatic hydroxyl groups is 1. The van der Waals surface area contributed by atoms with Gasteiger partial charge in [-0.25, -0.2) is 0 Å². The first kappa shape index (κ1) is 17.8. The van der Waals surface area contributed by atoms with Gasteiger partial charge in [0.25, 0.3) is 0 Å². The van der Waals surface area contributed by atoms with Crippen LogP contribution in [0.25, 0.3) is 0 Å². The molecule has 18 heavy (non-hydrogen) atoms. The molecule has 0 radical (unpaired) electrons. The first-order valence-electron chi connectivity index (χ1n) is 6.79. The lowest BCUT2D eigenvalue weighted by molar-refractivity contribution is 0.0589. The lowest BCUT2D eigenvalue weighted by atomic mass is 10.0. The molecule has 1 atom stereocenters. The lowest BCUT2D eigenvalue weighted by Gasteiger charge is -2.34. The van der Waals surface area contributed by atoms with Gasteiger partial charge in [-0.3, -0.25) is 4.90 Å². The van der Waals surface area contributed by atoms with Gasteiger partial charge in [-0.2, -0.15) is 0 Å². The fraction of sp³-hybridized carbons (Fsp3) is 1.00. The highest BCUT2D eigenvalue weighted by Gasteiger charge is 2.24. The maximum atomic E-state index is 9.43. The van der Waals surface area contributed by atoms with E-state index in [1.165, 1.54) is 0 Å². The molecule has 110 valence electrons. The van der Waals surface area contributed by atoms with Crippen molar-refractivity contribution in [1.29, 1.82) is 0 Å². The highest BCUT2D eigenvalue weighted by molar-refractivity contribution is 4.84. The first-order valence-corrected chi connectivity index (χ1v) is 6.79. The van der Waals surface area contributed by atoms with E-state index in [-0.39, 0.29) is 12.1 Å². The van der Waals surface area contributed by atoms with E-state index in [0.717, 1.165) is 32.8 Å². The molecule has 1 unspecified atom stereocenters. The number of hydrogen-bond donors (Lipinski definition) is 2. The number of hydrogen-bond acceptors (Lipinski definition) is 5. The van der Waals surface area contributed by atoms with Crippen molar-refractivity contribution in [3.8, 4) is 0 Å². The third kappa shape index (κ3) is 8.00. The van der Waals surface area contributed by atoms with Gasteiger partial charge in [0.05, 0.1) is 25.4 Å². The van der Waals surface area contributed by atoms with E-state index in [1.54, 1.807) is 0 Å². The third-order valence-corrected chi connectivity index (χ3v) is 3.04. The number of nitrogens with one attached hydrogen (secondary N) is 1. The SMILES string of the molecule is CCOCCN(CCOCC)CC(C)(CO)NC. The first-order chi connectivity index (χ1) is 8.61. The van der Waals surface area contributed by atoms with E-state index >= 15 is 0 Å². The molecule has 0 aliphatic heterocycles. The van der Waals surface area contributed by atoms with Gasteiger partial charge in [0.15, 0.2) is 0 Å². The normalized spacial score (nSPS) is 15.0. The maximum Gasteiger partial charge on any atom is 0.0623 e. The number of likely N-dealkylation sites (N-methyl/N-ethyl adjacent to an activating group) is 1. The second-order valence-electron chi connectivity index (χ2n) is 4.64. The molecule has 0 heterocycles. The molecule has 0 aromatic rings. The number of ether oxygens (including phenoxy) is 2. The zero-order valence-corrected chi connectivity index (χ0v) is 12.4. The summed E-state index contributed by atoms with van der Waals surface area (Å²) in [4.78, 5) is 2.26.